The molecule has 0 aliphatic carbocycles. The van der Waals surface area contributed by atoms with Gasteiger partial charge in [0.05, 0.1) is 5.56 Å². The molecule has 0 bridgehead atoms. The summed E-state index contributed by atoms with van der Waals surface area (Å²) in [5, 5.41) is 16.2. The van der Waals surface area contributed by atoms with Gasteiger partial charge in [-0.1, -0.05) is 12.1 Å². The highest BCUT2D eigenvalue weighted by Crippen LogP contribution is 2.33. The van der Waals surface area contributed by atoms with Crippen molar-refractivity contribution in [3.8, 4) is 0 Å². The van der Waals surface area contributed by atoms with Crippen LogP contribution in [0.4, 0.5) is 5.00 Å². The lowest BCUT2D eigenvalue weighted by Crippen LogP contribution is -2.13. The number of anilines is 1. The van der Waals surface area contributed by atoms with Crippen LogP contribution in [0, 0.1) is 13.8 Å². The van der Waals surface area contributed by atoms with Gasteiger partial charge in [-0.05, 0) is 32.3 Å². The molecule has 23 heavy (non-hydrogen) atoms. The Balaban J connectivity index is 1.96. The van der Waals surface area contributed by atoms with Crippen molar-refractivity contribution in [3.05, 3.63) is 27.7 Å². The number of hydrogen-bond donors (Lipinski definition) is 2. The van der Waals surface area contributed by atoms with Crippen LogP contribution in [0.25, 0.3) is 0 Å². The molecule has 8 heteroatoms. The number of aromatic carboxylic acids is 1. The predicted octanol–water partition coefficient (Wildman–Crippen LogP) is 2.97. The van der Waals surface area contributed by atoms with Gasteiger partial charge in [-0.25, -0.2) is 4.79 Å². The van der Waals surface area contributed by atoms with Crippen LogP contribution in [-0.2, 0) is 17.6 Å². The molecule has 1 amide bonds. The van der Waals surface area contributed by atoms with Crippen molar-refractivity contribution in [1.82, 2.24) is 10.1 Å². The second-order valence-corrected chi connectivity index (χ2v) is 6.36. The molecule has 2 rings (SSSR count). The molecule has 0 saturated carbocycles. The van der Waals surface area contributed by atoms with Gasteiger partial charge in [0.1, 0.15) is 5.00 Å². The maximum Gasteiger partial charge on any atom is 0.339 e. The highest BCUT2D eigenvalue weighted by molar-refractivity contribution is 7.16. The third-order valence-corrected chi connectivity index (χ3v) is 4.46. The van der Waals surface area contributed by atoms with Crippen molar-refractivity contribution in [1.29, 1.82) is 0 Å². The Morgan fingerprint density at radius 3 is 2.65 bits per heavy atom. The number of nitrogens with zero attached hydrogens (tertiary/aromatic N) is 2. The standard InChI is InChI=1S/C15H19N3O4S/c1-4-10-8(2)23-14(13(10)15(20)21)17-11(19)6-5-7-12-16-9(3)18-22-12/h4-7H2,1-3H3,(H,17,19)(H,20,21). The van der Waals surface area contributed by atoms with Crippen LogP contribution in [0.3, 0.4) is 0 Å². The van der Waals surface area contributed by atoms with Crippen molar-refractivity contribution < 1.29 is 19.2 Å². The van der Waals surface area contributed by atoms with Crippen molar-refractivity contribution in [2.24, 2.45) is 0 Å². The molecule has 0 aliphatic rings. The van der Waals surface area contributed by atoms with Gasteiger partial charge in [-0.15, -0.1) is 11.3 Å². The Hall–Kier alpha value is -2.22. The zero-order valence-corrected chi connectivity index (χ0v) is 14.1. The molecule has 0 saturated heterocycles. The first-order valence-corrected chi connectivity index (χ1v) is 8.18. The van der Waals surface area contributed by atoms with Crippen molar-refractivity contribution in [2.75, 3.05) is 5.32 Å². The van der Waals surface area contributed by atoms with E-state index in [0.717, 1.165) is 10.4 Å². The molecule has 2 N–H and O–H groups in total. The summed E-state index contributed by atoms with van der Waals surface area (Å²) < 4.78 is 4.98. The number of aryl methyl sites for hydroxylation is 3. The summed E-state index contributed by atoms with van der Waals surface area (Å²) in [6.45, 7) is 5.50. The van der Waals surface area contributed by atoms with Crippen LogP contribution < -0.4 is 5.32 Å². The molecule has 0 fully saturated rings. The van der Waals surface area contributed by atoms with E-state index < -0.39 is 5.97 Å². The summed E-state index contributed by atoms with van der Waals surface area (Å²) >= 11 is 1.30. The number of carboxylic acid groups (broad SMARTS) is 1. The zero-order valence-electron chi connectivity index (χ0n) is 13.3. The summed E-state index contributed by atoms with van der Waals surface area (Å²) in [6.07, 6.45) is 1.96. The molecule has 0 unspecified atom stereocenters. The number of carbonyl (C=O) groups is 2. The fourth-order valence-corrected chi connectivity index (χ4v) is 3.50. The lowest BCUT2D eigenvalue weighted by Gasteiger charge is -2.04. The Labute approximate surface area is 137 Å². The van der Waals surface area contributed by atoms with E-state index in [4.69, 9.17) is 4.52 Å². The van der Waals surface area contributed by atoms with E-state index in [-0.39, 0.29) is 17.9 Å². The van der Waals surface area contributed by atoms with Gasteiger partial charge in [0.2, 0.25) is 11.8 Å². The number of carboxylic acids is 1. The lowest BCUT2D eigenvalue weighted by atomic mass is 10.1. The fourth-order valence-electron chi connectivity index (χ4n) is 2.35. The van der Waals surface area contributed by atoms with Crippen LogP contribution in [0.5, 0.6) is 0 Å². The Bertz CT molecular complexity index is 720. The monoisotopic (exact) mass is 337 g/mol. The Morgan fingerprint density at radius 1 is 1.35 bits per heavy atom. The van der Waals surface area contributed by atoms with Gasteiger partial charge in [0, 0.05) is 17.7 Å². The third-order valence-electron chi connectivity index (χ3n) is 3.39. The minimum absolute atomic E-state index is 0.205. The number of aromatic nitrogens is 2. The number of hydrogen-bond acceptors (Lipinski definition) is 6. The first-order chi connectivity index (χ1) is 10.9. The van der Waals surface area contributed by atoms with Gasteiger partial charge in [-0.2, -0.15) is 4.98 Å². The van der Waals surface area contributed by atoms with E-state index in [1.165, 1.54) is 11.3 Å². The Kier molecular flexibility index (Phi) is 5.49. The molecule has 2 heterocycles. The normalized spacial score (nSPS) is 10.7. The first-order valence-electron chi connectivity index (χ1n) is 7.37. The predicted molar refractivity (Wildman–Crippen MR) is 86.0 cm³/mol. The van der Waals surface area contributed by atoms with Crippen LogP contribution in [0.1, 0.15) is 52.3 Å². The van der Waals surface area contributed by atoms with E-state index in [0.29, 0.717) is 36.0 Å². The molecule has 0 aromatic carbocycles. The second-order valence-electron chi connectivity index (χ2n) is 5.14. The van der Waals surface area contributed by atoms with Crippen LogP contribution >= 0.6 is 11.3 Å². The lowest BCUT2D eigenvalue weighted by molar-refractivity contribution is -0.116. The van der Waals surface area contributed by atoms with Gasteiger partial charge in [0.25, 0.3) is 0 Å². The van der Waals surface area contributed by atoms with Crippen LogP contribution in [0.15, 0.2) is 4.52 Å². The van der Waals surface area contributed by atoms with E-state index in [9.17, 15) is 14.7 Å². The molecule has 2 aromatic rings. The highest BCUT2D eigenvalue weighted by atomic mass is 32.1. The van der Waals surface area contributed by atoms with Gasteiger partial charge < -0.3 is 14.9 Å². The Morgan fingerprint density at radius 2 is 2.09 bits per heavy atom. The molecular weight excluding hydrogens is 318 g/mol. The molecular formula is C15H19N3O4S. The maximum atomic E-state index is 12.0. The highest BCUT2D eigenvalue weighted by Gasteiger charge is 2.21. The van der Waals surface area contributed by atoms with Crippen molar-refractivity contribution >= 4 is 28.2 Å². The van der Waals surface area contributed by atoms with Gasteiger partial charge in [-0.3, -0.25) is 4.79 Å². The molecule has 124 valence electrons. The summed E-state index contributed by atoms with van der Waals surface area (Å²) in [6, 6.07) is 0. The third kappa shape index (κ3) is 4.16. The summed E-state index contributed by atoms with van der Waals surface area (Å²) in [5.74, 6) is -0.158. The van der Waals surface area contributed by atoms with E-state index in [1.807, 2.05) is 13.8 Å². The number of rotatable bonds is 7. The second kappa shape index (κ2) is 7.36. The molecule has 0 radical (unpaired) electrons. The van der Waals surface area contributed by atoms with E-state index >= 15 is 0 Å². The largest absolute Gasteiger partial charge is 0.478 e. The number of thiophene rings is 1. The SMILES string of the molecule is CCc1c(C)sc(NC(=O)CCCc2nc(C)no2)c1C(=O)O. The molecule has 0 aliphatic heterocycles. The zero-order chi connectivity index (χ0) is 17.0. The maximum absolute atomic E-state index is 12.0. The molecule has 0 atom stereocenters. The number of nitrogens with one attached hydrogen (secondary N) is 1. The average Bonchev–Trinajstić information content (AvgIpc) is 3.01. The smallest absolute Gasteiger partial charge is 0.339 e. The molecule has 0 spiro atoms. The first kappa shape index (κ1) is 17.1. The summed E-state index contributed by atoms with van der Waals surface area (Å²) in [4.78, 5) is 28.4. The summed E-state index contributed by atoms with van der Waals surface area (Å²) in [5.41, 5.74) is 0.981. The fraction of sp³-hybridized carbons (Fsp3) is 0.467. The van der Waals surface area contributed by atoms with E-state index in [2.05, 4.69) is 15.5 Å². The average molecular weight is 337 g/mol. The topological polar surface area (TPSA) is 105 Å². The summed E-state index contributed by atoms with van der Waals surface area (Å²) in [7, 11) is 0. The number of carbonyl (C=O) groups excluding carboxylic acids is 1. The van der Waals surface area contributed by atoms with Crippen molar-refractivity contribution in [3.63, 3.8) is 0 Å². The molecule has 2 aromatic heterocycles. The van der Waals surface area contributed by atoms with Gasteiger partial charge in [0.15, 0.2) is 5.82 Å². The molecule has 7 nitrogen and oxygen atoms in total. The van der Waals surface area contributed by atoms with Crippen LogP contribution in [-0.4, -0.2) is 27.1 Å². The van der Waals surface area contributed by atoms with Gasteiger partial charge >= 0.3 is 5.97 Å². The quantitative estimate of drug-likeness (QED) is 0.804. The van der Waals surface area contributed by atoms with E-state index in [1.54, 1.807) is 6.92 Å². The minimum Gasteiger partial charge on any atom is -0.478 e. The van der Waals surface area contributed by atoms with Crippen molar-refractivity contribution in [2.45, 2.75) is 46.5 Å². The minimum atomic E-state index is -1.01. The number of amides is 1. The van der Waals surface area contributed by atoms with Crippen LogP contribution in [0.2, 0.25) is 0 Å².